The number of carbonyl (C=O) groups excluding carboxylic acids is 2. The molecule has 128 valence electrons. The molecular weight excluding hydrogens is 310 g/mol. The lowest BCUT2D eigenvalue weighted by Gasteiger charge is -2.08. The second-order valence-corrected chi connectivity index (χ2v) is 5.54. The molecule has 0 aliphatic rings. The van der Waals surface area contributed by atoms with E-state index in [9.17, 15) is 9.59 Å². The Labute approximate surface area is 140 Å². The van der Waals surface area contributed by atoms with Crippen molar-refractivity contribution in [3.05, 3.63) is 40.7 Å². The third-order valence-electron chi connectivity index (χ3n) is 3.28. The molecule has 0 aliphatic carbocycles. The summed E-state index contributed by atoms with van der Waals surface area (Å²) in [5.74, 6) is -0.376. The van der Waals surface area contributed by atoms with Crippen LogP contribution in [0.5, 0.6) is 0 Å². The maximum Gasteiger partial charge on any atom is 0.325 e. The summed E-state index contributed by atoms with van der Waals surface area (Å²) in [5.41, 5.74) is 2.50. The zero-order valence-corrected chi connectivity index (χ0v) is 14.1. The van der Waals surface area contributed by atoms with E-state index in [0.29, 0.717) is 17.9 Å². The number of aromatic nitrogens is 4. The van der Waals surface area contributed by atoms with E-state index in [1.165, 1.54) is 0 Å². The van der Waals surface area contributed by atoms with Gasteiger partial charge in [-0.25, -0.2) is 4.68 Å². The molecule has 0 unspecified atom stereocenters. The van der Waals surface area contributed by atoms with E-state index in [-0.39, 0.29) is 19.1 Å². The Kier molecular flexibility index (Phi) is 6.00. The average Bonchev–Trinajstić information content (AvgIpc) is 2.97. The number of aryl methyl sites for hydroxylation is 3. The Balaban J connectivity index is 1.82. The third-order valence-corrected chi connectivity index (χ3v) is 3.28. The Bertz CT molecular complexity index is 706. The fraction of sp³-hybridized carbons (Fsp3) is 0.438. The van der Waals surface area contributed by atoms with Gasteiger partial charge in [0.05, 0.1) is 0 Å². The van der Waals surface area contributed by atoms with Gasteiger partial charge in [-0.3, -0.25) is 9.59 Å². The van der Waals surface area contributed by atoms with E-state index >= 15 is 0 Å². The van der Waals surface area contributed by atoms with E-state index < -0.39 is 5.97 Å². The first-order chi connectivity index (χ1) is 11.5. The van der Waals surface area contributed by atoms with E-state index in [1.807, 2.05) is 26.8 Å². The molecule has 8 heteroatoms. The van der Waals surface area contributed by atoms with Gasteiger partial charge in [0.15, 0.2) is 12.4 Å². The number of ether oxygens (including phenoxy) is 1. The molecule has 0 bridgehead atoms. The minimum absolute atomic E-state index is 0.0226. The zero-order chi connectivity index (χ0) is 17.5. The van der Waals surface area contributed by atoms with Crippen molar-refractivity contribution in [2.24, 2.45) is 0 Å². The van der Waals surface area contributed by atoms with Gasteiger partial charge >= 0.3 is 5.97 Å². The monoisotopic (exact) mass is 331 g/mol. The van der Waals surface area contributed by atoms with Crippen molar-refractivity contribution in [3.8, 4) is 0 Å². The summed E-state index contributed by atoms with van der Waals surface area (Å²) in [6.07, 6.45) is 0.873. The molecule has 0 aliphatic heterocycles. The van der Waals surface area contributed by atoms with E-state index in [2.05, 4.69) is 20.8 Å². The lowest BCUT2D eigenvalue weighted by Crippen LogP contribution is -2.30. The Morgan fingerprint density at radius 3 is 2.58 bits per heavy atom. The van der Waals surface area contributed by atoms with Crippen molar-refractivity contribution < 1.29 is 14.3 Å². The molecule has 0 saturated carbocycles. The summed E-state index contributed by atoms with van der Waals surface area (Å²) < 4.78 is 6.67. The van der Waals surface area contributed by atoms with Gasteiger partial charge in [0, 0.05) is 12.1 Å². The fourth-order valence-corrected chi connectivity index (χ4v) is 2.27. The van der Waals surface area contributed by atoms with Crippen molar-refractivity contribution in [1.29, 1.82) is 0 Å². The van der Waals surface area contributed by atoms with Crippen LogP contribution in [0.1, 0.15) is 40.7 Å². The van der Waals surface area contributed by atoms with Gasteiger partial charge in [-0.2, -0.15) is 0 Å². The average molecular weight is 331 g/mol. The summed E-state index contributed by atoms with van der Waals surface area (Å²) in [7, 11) is 0. The molecule has 1 N–H and O–H groups in total. The van der Waals surface area contributed by atoms with E-state index in [0.717, 1.165) is 17.5 Å². The first kappa shape index (κ1) is 17.6. The lowest BCUT2D eigenvalue weighted by atomic mass is 10.1. The van der Waals surface area contributed by atoms with Crippen LogP contribution in [0.4, 0.5) is 0 Å². The maximum absolute atomic E-state index is 12.1. The molecule has 8 nitrogen and oxygen atoms in total. The molecule has 0 fully saturated rings. The number of nitrogens with zero attached hydrogens (tertiary/aromatic N) is 4. The molecule has 1 aromatic carbocycles. The van der Waals surface area contributed by atoms with Crippen LogP contribution in [0.15, 0.2) is 18.2 Å². The predicted molar refractivity (Wildman–Crippen MR) is 86.2 cm³/mol. The largest absolute Gasteiger partial charge is 0.456 e. The highest BCUT2D eigenvalue weighted by Gasteiger charge is 2.12. The molecule has 2 rings (SSSR count). The molecule has 0 spiro atoms. The summed E-state index contributed by atoms with van der Waals surface area (Å²) in [6, 6.07) is 5.52. The van der Waals surface area contributed by atoms with E-state index in [4.69, 9.17) is 4.74 Å². The molecule has 1 heterocycles. The number of hydrogen-bond acceptors (Lipinski definition) is 6. The molecule has 1 aromatic heterocycles. The molecule has 0 saturated heterocycles. The second-order valence-electron chi connectivity index (χ2n) is 5.54. The van der Waals surface area contributed by atoms with Crippen molar-refractivity contribution in [1.82, 2.24) is 25.5 Å². The van der Waals surface area contributed by atoms with Crippen LogP contribution >= 0.6 is 0 Å². The molecular formula is C16H21N5O3. The number of tetrazole rings is 1. The van der Waals surface area contributed by atoms with Crippen LogP contribution in [0, 0.1) is 13.8 Å². The van der Waals surface area contributed by atoms with Crippen LogP contribution in [0.25, 0.3) is 0 Å². The minimum Gasteiger partial charge on any atom is -0.456 e. The van der Waals surface area contributed by atoms with Crippen LogP contribution in [0.3, 0.4) is 0 Å². The van der Waals surface area contributed by atoms with Crippen LogP contribution in [-0.4, -0.2) is 38.6 Å². The number of amides is 1. The van der Waals surface area contributed by atoms with Crippen molar-refractivity contribution in [3.63, 3.8) is 0 Å². The highest BCUT2D eigenvalue weighted by Crippen LogP contribution is 2.08. The number of nitrogens with one attached hydrogen (secondary N) is 1. The summed E-state index contributed by atoms with van der Waals surface area (Å²) >= 11 is 0. The van der Waals surface area contributed by atoms with Crippen LogP contribution < -0.4 is 5.32 Å². The summed E-state index contributed by atoms with van der Waals surface area (Å²) in [5, 5.41) is 13.7. The van der Waals surface area contributed by atoms with Gasteiger partial charge in [0.25, 0.3) is 5.91 Å². The lowest BCUT2D eigenvalue weighted by molar-refractivity contribution is -0.144. The molecule has 24 heavy (non-hydrogen) atoms. The third kappa shape index (κ3) is 4.87. The topological polar surface area (TPSA) is 99.0 Å². The number of carbonyl (C=O) groups is 2. The summed E-state index contributed by atoms with van der Waals surface area (Å²) in [6.45, 7) is 6.26. The molecule has 2 aromatic rings. The summed E-state index contributed by atoms with van der Waals surface area (Å²) in [4.78, 5) is 23.8. The zero-order valence-electron chi connectivity index (χ0n) is 14.1. The SMILES string of the molecule is CCCn1nnnc1COC(=O)CNC(=O)c1cc(C)cc(C)c1. The number of benzene rings is 1. The number of rotatable bonds is 7. The van der Waals surface area contributed by atoms with Gasteiger partial charge in [0.2, 0.25) is 0 Å². The highest BCUT2D eigenvalue weighted by molar-refractivity contribution is 5.96. The van der Waals surface area contributed by atoms with Crippen molar-refractivity contribution in [2.75, 3.05) is 6.54 Å². The van der Waals surface area contributed by atoms with Gasteiger partial charge in [-0.1, -0.05) is 24.1 Å². The Morgan fingerprint density at radius 1 is 1.21 bits per heavy atom. The first-order valence-electron chi connectivity index (χ1n) is 7.76. The van der Waals surface area contributed by atoms with Gasteiger partial charge in [0.1, 0.15) is 6.54 Å². The van der Waals surface area contributed by atoms with Crippen LogP contribution in [0.2, 0.25) is 0 Å². The van der Waals surface area contributed by atoms with E-state index in [1.54, 1.807) is 16.8 Å². The smallest absolute Gasteiger partial charge is 0.325 e. The second kappa shape index (κ2) is 8.19. The maximum atomic E-state index is 12.1. The van der Waals surface area contributed by atoms with Gasteiger partial charge < -0.3 is 10.1 Å². The highest BCUT2D eigenvalue weighted by atomic mass is 16.5. The normalized spacial score (nSPS) is 10.5. The Morgan fingerprint density at radius 2 is 1.92 bits per heavy atom. The first-order valence-corrected chi connectivity index (χ1v) is 7.76. The molecule has 1 amide bonds. The molecule has 0 atom stereocenters. The standard InChI is InChI=1S/C16H21N5O3/c1-4-5-21-14(18-19-20-21)10-24-15(22)9-17-16(23)13-7-11(2)6-12(3)8-13/h6-8H,4-5,9-10H2,1-3H3,(H,17,23). The predicted octanol–water partition coefficient (Wildman–Crippen LogP) is 1.17. The fourth-order valence-electron chi connectivity index (χ4n) is 2.27. The van der Waals surface area contributed by atoms with Gasteiger partial charge in [-0.05, 0) is 42.8 Å². The molecule has 0 radical (unpaired) electrons. The van der Waals surface area contributed by atoms with Crippen molar-refractivity contribution >= 4 is 11.9 Å². The number of esters is 1. The minimum atomic E-state index is -0.543. The van der Waals surface area contributed by atoms with Crippen molar-refractivity contribution in [2.45, 2.75) is 40.3 Å². The number of hydrogen-bond donors (Lipinski definition) is 1. The Hall–Kier alpha value is -2.77. The quantitative estimate of drug-likeness (QED) is 0.765. The van der Waals surface area contributed by atoms with Crippen LogP contribution in [-0.2, 0) is 22.7 Å². The van der Waals surface area contributed by atoms with Gasteiger partial charge in [-0.15, -0.1) is 5.10 Å².